The highest BCUT2D eigenvalue weighted by Gasteiger charge is 2.24. The number of amides is 2. The highest BCUT2D eigenvalue weighted by atomic mass is 16.2. The Morgan fingerprint density at radius 2 is 2.00 bits per heavy atom. The number of carbonyl (C=O) groups is 2. The van der Waals surface area contributed by atoms with Gasteiger partial charge in [-0.25, -0.2) is 4.98 Å². The lowest BCUT2D eigenvalue weighted by Gasteiger charge is -2.32. The van der Waals surface area contributed by atoms with E-state index in [1.54, 1.807) is 11.1 Å². The summed E-state index contributed by atoms with van der Waals surface area (Å²) in [5.74, 6) is 0.770. The van der Waals surface area contributed by atoms with Gasteiger partial charge in [0, 0.05) is 32.0 Å². The third-order valence-corrected chi connectivity index (χ3v) is 6.45. The lowest BCUT2D eigenvalue weighted by atomic mass is 9.89. The zero-order valence-corrected chi connectivity index (χ0v) is 18.9. The van der Waals surface area contributed by atoms with Gasteiger partial charge in [-0.3, -0.25) is 14.3 Å². The van der Waals surface area contributed by atoms with E-state index >= 15 is 0 Å². The van der Waals surface area contributed by atoms with Crippen LogP contribution in [0.3, 0.4) is 0 Å². The lowest BCUT2D eigenvalue weighted by molar-refractivity contribution is -0.127. The summed E-state index contributed by atoms with van der Waals surface area (Å²) in [4.78, 5) is 34.4. The Morgan fingerprint density at radius 1 is 1.18 bits per heavy atom. The third-order valence-electron chi connectivity index (χ3n) is 6.45. The molecule has 0 bridgehead atoms. The molecular weight excluding hydrogens is 420 g/mol. The molecule has 2 aromatic heterocycles. The van der Waals surface area contributed by atoms with E-state index in [0.29, 0.717) is 24.2 Å². The highest BCUT2D eigenvalue weighted by Crippen LogP contribution is 2.26. The first-order valence-electron chi connectivity index (χ1n) is 11.7. The van der Waals surface area contributed by atoms with Crippen LogP contribution in [-0.4, -0.2) is 56.1 Å². The summed E-state index contributed by atoms with van der Waals surface area (Å²) in [5, 5.41) is 10.9. The number of anilines is 3. The predicted molar refractivity (Wildman–Crippen MR) is 126 cm³/mol. The van der Waals surface area contributed by atoms with Gasteiger partial charge in [-0.1, -0.05) is 25.8 Å². The molecule has 2 aromatic rings. The molecule has 2 amide bonds. The van der Waals surface area contributed by atoms with Crippen molar-refractivity contribution in [2.45, 2.75) is 51.0 Å². The van der Waals surface area contributed by atoms with Gasteiger partial charge in [0.05, 0.1) is 23.5 Å². The van der Waals surface area contributed by atoms with Crippen LogP contribution in [0.4, 0.5) is 17.5 Å². The quantitative estimate of drug-likeness (QED) is 0.525. The standard InChI is InChI=1S/C23H32N8O2/c1-2-20(32)30-10-6-9-18(15-30)31-14-17(12-27-31)28-23-26-13-19(21(24)33)22(29-23)25-11-16-7-4-3-5-8-16/h2,12-14,16,18H,1,3-11,15H2,(H2,24,33)(H2,25,26,28,29)/t18-/m1/s1. The third kappa shape index (κ3) is 5.68. The Labute approximate surface area is 193 Å². The number of nitrogens with one attached hydrogen (secondary N) is 2. The fraction of sp³-hybridized carbons (Fsp3) is 0.522. The smallest absolute Gasteiger partial charge is 0.254 e. The van der Waals surface area contributed by atoms with Crippen molar-refractivity contribution in [2.24, 2.45) is 11.7 Å². The molecule has 4 rings (SSSR count). The molecular formula is C23H32N8O2. The van der Waals surface area contributed by atoms with Crippen LogP contribution in [0.1, 0.15) is 61.3 Å². The molecule has 10 nitrogen and oxygen atoms in total. The number of nitrogens with two attached hydrogens (primary N) is 1. The van der Waals surface area contributed by atoms with Crippen LogP contribution < -0.4 is 16.4 Å². The number of hydrogen-bond acceptors (Lipinski definition) is 7. The molecule has 10 heteroatoms. The van der Waals surface area contributed by atoms with E-state index in [-0.39, 0.29) is 17.5 Å². The van der Waals surface area contributed by atoms with Gasteiger partial charge < -0.3 is 21.3 Å². The molecule has 3 heterocycles. The maximum Gasteiger partial charge on any atom is 0.254 e. The van der Waals surface area contributed by atoms with Crippen molar-refractivity contribution in [1.82, 2.24) is 24.6 Å². The molecule has 0 aromatic carbocycles. The maximum absolute atomic E-state index is 12.0. The van der Waals surface area contributed by atoms with Crippen molar-refractivity contribution in [3.8, 4) is 0 Å². The molecule has 4 N–H and O–H groups in total. The van der Waals surface area contributed by atoms with E-state index < -0.39 is 5.91 Å². The Kier molecular flexibility index (Phi) is 7.21. The van der Waals surface area contributed by atoms with Crippen LogP contribution in [0.2, 0.25) is 0 Å². The fourth-order valence-corrected chi connectivity index (χ4v) is 4.62. The minimum absolute atomic E-state index is 0.0543. The van der Waals surface area contributed by atoms with E-state index in [1.165, 1.54) is 44.4 Å². The second-order valence-electron chi connectivity index (χ2n) is 8.82. The zero-order valence-electron chi connectivity index (χ0n) is 18.9. The number of rotatable bonds is 8. The van der Waals surface area contributed by atoms with E-state index in [9.17, 15) is 9.59 Å². The fourth-order valence-electron chi connectivity index (χ4n) is 4.62. The topological polar surface area (TPSA) is 131 Å². The number of primary amides is 1. The lowest BCUT2D eigenvalue weighted by Crippen LogP contribution is -2.39. The molecule has 1 aliphatic heterocycles. The molecule has 1 saturated heterocycles. The summed E-state index contributed by atoms with van der Waals surface area (Å²) < 4.78 is 1.87. The molecule has 2 aliphatic rings. The Hall–Kier alpha value is -3.43. The largest absolute Gasteiger partial charge is 0.369 e. The van der Waals surface area contributed by atoms with Crippen molar-refractivity contribution in [3.63, 3.8) is 0 Å². The van der Waals surface area contributed by atoms with Gasteiger partial charge in [0.25, 0.3) is 5.91 Å². The average Bonchev–Trinajstić information content (AvgIpc) is 3.31. The number of piperidine rings is 1. The van der Waals surface area contributed by atoms with E-state index in [0.717, 1.165) is 31.6 Å². The normalized spacial score (nSPS) is 19.2. The first-order chi connectivity index (χ1) is 16.0. The highest BCUT2D eigenvalue weighted by molar-refractivity contribution is 5.97. The molecule has 0 spiro atoms. The molecule has 0 radical (unpaired) electrons. The van der Waals surface area contributed by atoms with Crippen LogP contribution in [-0.2, 0) is 4.79 Å². The van der Waals surface area contributed by atoms with E-state index in [1.807, 2.05) is 10.9 Å². The summed E-state index contributed by atoms with van der Waals surface area (Å²) in [6.07, 6.45) is 14.4. The number of carbonyl (C=O) groups excluding carboxylic acids is 2. The summed E-state index contributed by atoms with van der Waals surface area (Å²) >= 11 is 0. The SMILES string of the molecule is C=CC(=O)N1CCC[C@@H](n2cc(Nc3ncc(C(N)=O)c(NCC4CCCCC4)n3)cn2)C1. The molecule has 1 aliphatic carbocycles. The van der Waals surface area contributed by atoms with Crippen LogP contribution in [0, 0.1) is 5.92 Å². The van der Waals surface area contributed by atoms with Crippen LogP contribution >= 0.6 is 0 Å². The zero-order chi connectivity index (χ0) is 23.2. The van der Waals surface area contributed by atoms with Gasteiger partial charge in [-0.15, -0.1) is 0 Å². The summed E-state index contributed by atoms with van der Waals surface area (Å²) in [6.45, 7) is 5.68. The second kappa shape index (κ2) is 10.5. The Bertz CT molecular complexity index is 998. The molecule has 1 saturated carbocycles. The van der Waals surface area contributed by atoms with Gasteiger partial charge >= 0.3 is 0 Å². The van der Waals surface area contributed by atoms with Crippen molar-refractivity contribution in [3.05, 3.63) is 36.8 Å². The molecule has 176 valence electrons. The van der Waals surface area contributed by atoms with E-state index in [4.69, 9.17) is 5.73 Å². The van der Waals surface area contributed by atoms with Crippen LogP contribution in [0.15, 0.2) is 31.2 Å². The van der Waals surface area contributed by atoms with Gasteiger partial charge in [0.2, 0.25) is 11.9 Å². The number of nitrogens with zero attached hydrogens (tertiary/aromatic N) is 5. The molecule has 1 atom stereocenters. The maximum atomic E-state index is 12.0. The summed E-state index contributed by atoms with van der Waals surface area (Å²) in [6, 6.07) is 0.101. The van der Waals surface area contributed by atoms with Crippen molar-refractivity contribution in [1.29, 1.82) is 0 Å². The average molecular weight is 453 g/mol. The van der Waals surface area contributed by atoms with Gasteiger partial charge in [0.1, 0.15) is 5.82 Å². The summed E-state index contributed by atoms with van der Waals surface area (Å²) in [7, 11) is 0. The second-order valence-corrected chi connectivity index (χ2v) is 8.82. The number of aromatic nitrogens is 4. The van der Waals surface area contributed by atoms with Crippen molar-refractivity contribution >= 4 is 29.3 Å². The monoisotopic (exact) mass is 452 g/mol. The first kappa shape index (κ1) is 22.8. The number of likely N-dealkylation sites (tertiary alicyclic amines) is 1. The molecule has 0 unspecified atom stereocenters. The predicted octanol–water partition coefficient (Wildman–Crippen LogP) is 2.86. The van der Waals surface area contributed by atoms with Crippen molar-refractivity contribution in [2.75, 3.05) is 30.3 Å². The number of hydrogen-bond donors (Lipinski definition) is 3. The van der Waals surface area contributed by atoms with Crippen LogP contribution in [0.5, 0.6) is 0 Å². The minimum Gasteiger partial charge on any atom is -0.369 e. The molecule has 33 heavy (non-hydrogen) atoms. The minimum atomic E-state index is -0.559. The van der Waals surface area contributed by atoms with E-state index in [2.05, 4.69) is 32.3 Å². The molecule has 2 fully saturated rings. The first-order valence-corrected chi connectivity index (χ1v) is 11.7. The van der Waals surface area contributed by atoms with Gasteiger partial charge in [-0.05, 0) is 37.7 Å². The van der Waals surface area contributed by atoms with Gasteiger partial charge in [-0.2, -0.15) is 10.1 Å². The Balaban J connectivity index is 1.43. The van der Waals surface area contributed by atoms with Gasteiger partial charge in [0.15, 0.2) is 0 Å². The summed E-state index contributed by atoms with van der Waals surface area (Å²) in [5.41, 5.74) is 6.54. The Morgan fingerprint density at radius 3 is 2.76 bits per heavy atom. The van der Waals surface area contributed by atoms with Crippen LogP contribution in [0.25, 0.3) is 0 Å². The van der Waals surface area contributed by atoms with Crippen molar-refractivity contribution < 1.29 is 9.59 Å².